The normalized spacial score (nSPS) is 24.2. The van der Waals surface area contributed by atoms with Gasteiger partial charge in [-0.1, -0.05) is 29.8 Å². The van der Waals surface area contributed by atoms with E-state index in [0.717, 1.165) is 70.3 Å². The van der Waals surface area contributed by atoms with Crippen molar-refractivity contribution < 1.29 is 9.59 Å². The van der Waals surface area contributed by atoms with E-state index in [4.69, 9.17) is 0 Å². The molecule has 2 heterocycles. The van der Waals surface area contributed by atoms with E-state index in [-0.39, 0.29) is 11.8 Å². The third-order valence-electron chi connectivity index (χ3n) is 6.59. The first-order valence-electron chi connectivity index (χ1n) is 11.0. The maximum atomic E-state index is 12.7. The SMILES string of the molecule is Cc1cccc(CNC(=O)[C@H]2CCCN(C3CCN(C(=O)C4CC4)CC3)C2)c1. The Kier molecular flexibility index (Phi) is 6.00. The van der Waals surface area contributed by atoms with Gasteiger partial charge in [0.25, 0.3) is 0 Å². The van der Waals surface area contributed by atoms with Crippen LogP contribution in [0.5, 0.6) is 0 Å². The summed E-state index contributed by atoms with van der Waals surface area (Å²) in [6.07, 6.45) is 6.35. The number of hydrogen-bond acceptors (Lipinski definition) is 3. The van der Waals surface area contributed by atoms with Crippen LogP contribution in [0.15, 0.2) is 24.3 Å². The Morgan fingerprint density at radius 2 is 1.82 bits per heavy atom. The molecule has 0 radical (unpaired) electrons. The van der Waals surface area contributed by atoms with E-state index in [9.17, 15) is 9.59 Å². The molecular formula is C23H33N3O2. The summed E-state index contributed by atoms with van der Waals surface area (Å²) < 4.78 is 0. The molecule has 1 aromatic rings. The number of likely N-dealkylation sites (tertiary alicyclic amines) is 2. The largest absolute Gasteiger partial charge is 0.352 e. The van der Waals surface area contributed by atoms with Crippen LogP contribution in [0.4, 0.5) is 0 Å². The van der Waals surface area contributed by atoms with Gasteiger partial charge in [-0.3, -0.25) is 14.5 Å². The van der Waals surface area contributed by atoms with Crippen molar-refractivity contribution in [2.24, 2.45) is 11.8 Å². The number of benzene rings is 1. The first-order chi connectivity index (χ1) is 13.6. The highest BCUT2D eigenvalue weighted by molar-refractivity contribution is 5.81. The minimum atomic E-state index is 0.0877. The molecule has 1 saturated carbocycles. The van der Waals surface area contributed by atoms with Crippen LogP contribution in [0.3, 0.4) is 0 Å². The third kappa shape index (κ3) is 4.75. The Morgan fingerprint density at radius 3 is 2.54 bits per heavy atom. The molecule has 1 N–H and O–H groups in total. The molecule has 0 spiro atoms. The van der Waals surface area contributed by atoms with Crippen molar-refractivity contribution in [3.63, 3.8) is 0 Å². The number of nitrogens with zero attached hydrogens (tertiary/aromatic N) is 2. The fourth-order valence-corrected chi connectivity index (χ4v) is 4.75. The topological polar surface area (TPSA) is 52.7 Å². The lowest BCUT2D eigenvalue weighted by Crippen LogP contribution is -2.51. The number of piperidine rings is 2. The Hall–Kier alpha value is -1.88. The maximum Gasteiger partial charge on any atom is 0.225 e. The zero-order chi connectivity index (χ0) is 19.5. The fourth-order valence-electron chi connectivity index (χ4n) is 4.75. The molecule has 2 saturated heterocycles. The second-order valence-electron chi connectivity index (χ2n) is 8.87. The van der Waals surface area contributed by atoms with Crippen LogP contribution in [-0.2, 0) is 16.1 Å². The predicted molar refractivity (Wildman–Crippen MR) is 110 cm³/mol. The Labute approximate surface area is 168 Å². The summed E-state index contributed by atoms with van der Waals surface area (Å²) in [5, 5.41) is 3.14. The molecule has 1 aromatic carbocycles. The minimum Gasteiger partial charge on any atom is -0.352 e. The highest BCUT2D eigenvalue weighted by atomic mass is 16.2. The van der Waals surface area contributed by atoms with Gasteiger partial charge in [0.15, 0.2) is 0 Å². The zero-order valence-corrected chi connectivity index (χ0v) is 17.0. The van der Waals surface area contributed by atoms with E-state index in [1.807, 2.05) is 6.07 Å². The van der Waals surface area contributed by atoms with Crippen molar-refractivity contribution in [2.75, 3.05) is 26.2 Å². The van der Waals surface area contributed by atoms with Crippen molar-refractivity contribution in [3.05, 3.63) is 35.4 Å². The molecule has 0 bridgehead atoms. The average molecular weight is 384 g/mol. The monoisotopic (exact) mass is 383 g/mol. The molecular weight excluding hydrogens is 350 g/mol. The lowest BCUT2D eigenvalue weighted by molar-refractivity contribution is -0.134. The zero-order valence-electron chi connectivity index (χ0n) is 17.0. The molecule has 1 atom stereocenters. The summed E-state index contributed by atoms with van der Waals surface area (Å²) in [5.74, 6) is 0.982. The highest BCUT2D eigenvalue weighted by Gasteiger charge is 2.37. The maximum absolute atomic E-state index is 12.7. The van der Waals surface area contributed by atoms with Crippen LogP contribution in [0.1, 0.15) is 49.7 Å². The first-order valence-corrected chi connectivity index (χ1v) is 11.0. The number of aryl methyl sites for hydroxylation is 1. The van der Waals surface area contributed by atoms with Gasteiger partial charge >= 0.3 is 0 Å². The van der Waals surface area contributed by atoms with Crippen molar-refractivity contribution in [3.8, 4) is 0 Å². The van der Waals surface area contributed by atoms with Gasteiger partial charge in [0.1, 0.15) is 0 Å². The molecule has 5 nitrogen and oxygen atoms in total. The molecule has 1 aliphatic carbocycles. The molecule has 5 heteroatoms. The minimum absolute atomic E-state index is 0.0877. The third-order valence-corrected chi connectivity index (χ3v) is 6.59. The predicted octanol–water partition coefficient (Wildman–Crippen LogP) is 2.72. The van der Waals surface area contributed by atoms with Gasteiger partial charge in [-0.05, 0) is 57.6 Å². The second kappa shape index (κ2) is 8.64. The van der Waals surface area contributed by atoms with Crippen LogP contribution in [-0.4, -0.2) is 53.8 Å². The van der Waals surface area contributed by atoms with Crippen LogP contribution >= 0.6 is 0 Å². The summed E-state index contributed by atoms with van der Waals surface area (Å²) in [5.41, 5.74) is 2.39. The van der Waals surface area contributed by atoms with Gasteiger partial charge in [0, 0.05) is 38.1 Å². The van der Waals surface area contributed by atoms with E-state index in [2.05, 4.69) is 40.2 Å². The Balaban J connectivity index is 1.24. The van der Waals surface area contributed by atoms with E-state index in [1.165, 1.54) is 5.56 Å². The molecule has 2 aliphatic heterocycles. The Bertz CT molecular complexity index is 708. The van der Waals surface area contributed by atoms with E-state index in [1.54, 1.807) is 0 Å². The number of carbonyl (C=O) groups excluding carboxylic acids is 2. The number of nitrogens with one attached hydrogen (secondary N) is 1. The summed E-state index contributed by atoms with van der Waals surface area (Å²) in [4.78, 5) is 29.6. The van der Waals surface area contributed by atoms with Crippen LogP contribution < -0.4 is 5.32 Å². The average Bonchev–Trinajstić information content (AvgIpc) is 3.57. The summed E-state index contributed by atoms with van der Waals surface area (Å²) >= 11 is 0. The number of amides is 2. The molecule has 0 aromatic heterocycles. The van der Waals surface area contributed by atoms with Gasteiger partial charge < -0.3 is 10.2 Å². The molecule has 3 aliphatic rings. The van der Waals surface area contributed by atoms with Crippen molar-refractivity contribution in [1.29, 1.82) is 0 Å². The van der Waals surface area contributed by atoms with Crippen molar-refractivity contribution >= 4 is 11.8 Å². The van der Waals surface area contributed by atoms with Crippen LogP contribution in [0.25, 0.3) is 0 Å². The number of carbonyl (C=O) groups is 2. The quantitative estimate of drug-likeness (QED) is 0.851. The highest BCUT2D eigenvalue weighted by Crippen LogP contribution is 2.32. The fraction of sp³-hybridized carbons (Fsp3) is 0.652. The number of hydrogen-bond donors (Lipinski definition) is 1. The van der Waals surface area contributed by atoms with E-state index in [0.29, 0.717) is 24.4 Å². The molecule has 0 unspecified atom stereocenters. The molecule has 2 amide bonds. The standard InChI is InChI=1S/C23H33N3O2/c1-17-4-2-5-18(14-17)15-24-22(27)20-6-3-11-26(16-20)21-9-12-25(13-10-21)23(28)19-7-8-19/h2,4-5,14,19-21H,3,6-13,15-16H2,1H3,(H,24,27)/t20-/m0/s1. The van der Waals surface area contributed by atoms with Gasteiger partial charge in [-0.2, -0.15) is 0 Å². The molecule has 152 valence electrons. The first kappa shape index (κ1) is 19.4. The van der Waals surface area contributed by atoms with Crippen LogP contribution in [0.2, 0.25) is 0 Å². The number of rotatable bonds is 5. The van der Waals surface area contributed by atoms with Crippen molar-refractivity contribution in [2.45, 2.75) is 58.0 Å². The molecule has 28 heavy (non-hydrogen) atoms. The Morgan fingerprint density at radius 1 is 1.04 bits per heavy atom. The van der Waals surface area contributed by atoms with E-state index >= 15 is 0 Å². The lowest BCUT2D eigenvalue weighted by atomic mass is 9.93. The second-order valence-corrected chi connectivity index (χ2v) is 8.87. The van der Waals surface area contributed by atoms with Gasteiger partial charge in [0.2, 0.25) is 11.8 Å². The van der Waals surface area contributed by atoms with Crippen LogP contribution in [0, 0.1) is 18.8 Å². The van der Waals surface area contributed by atoms with Crippen molar-refractivity contribution in [1.82, 2.24) is 15.1 Å². The summed E-state index contributed by atoms with van der Waals surface area (Å²) in [6.45, 7) is 6.41. The van der Waals surface area contributed by atoms with Gasteiger partial charge in [-0.15, -0.1) is 0 Å². The summed E-state index contributed by atoms with van der Waals surface area (Å²) in [6, 6.07) is 8.84. The van der Waals surface area contributed by atoms with E-state index < -0.39 is 0 Å². The lowest BCUT2D eigenvalue weighted by Gasteiger charge is -2.42. The smallest absolute Gasteiger partial charge is 0.225 e. The summed E-state index contributed by atoms with van der Waals surface area (Å²) in [7, 11) is 0. The van der Waals surface area contributed by atoms with Gasteiger partial charge in [0.05, 0.1) is 5.92 Å². The van der Waals surface area contributed by atoms with Gasteiger partial charge in [-0.25, -0.2) is 0 Å². The molecule has 3 fully saturated rings. The molecule has 4 rings (SSSR count).